The lowest BCUT2D eigenvalue weighted by atomic mass is 10.1. The third kappa shape index (κ3) is 12.0. The van der Waals surface area contributed by atoms with E-state index in [1.807, 2.05) is 0 Å². The van der Waals surface area contributed by atoms with Crippen molar-refractivity contribution < 1.29 is 0 Å². The molecule has 0 aromatic rings. The highest BCUT2D eigenvalue weighted by atomic mass is 35.5. The average molecular weight is 203 g/mol. The summed E-state index contributed by atoms with van der Waals surface area (Å²) in [5.74, 6) is 0.830. The van der Waals surface area contributed by atoms with E-state index in [1.54, 1.807) is 0 Å². The number of halogens is 1. The fraction of sp³-hybridized carbons (Fsp3) is 0.833. The van der Waals surface area contributed by atoms with Gasteiger partial charge in [0.15, 0.2) is 0 Å². The maximum atomic E-state index is 5.59. The van der Waals surface area contributed by atoms with E-state index in [1.165, 1.54) is 51.4 Å². The lowest BCUT2D eigenvalue weighted by Gasteiger charge is -1.96. The third-order valence-corrected chi connectivity index (χ3v) is 2.39. The molecular formula is C12H23Cl. The van der Waals surface area contributed by atoms with E-state index in [4.69, 9.17) is 11.6 Å². The zero-order valence-electron chi connectivity index (χ0n) is 8.90. The largest absolute Gasteiger partial charge is 0.127 e. The topological polar surface area (TPSA) is 0 Å². The smallest absolute Gasteiger partial charge is 0.0223 e. The molecule has 0 bridgehead atoms. The summed E-state index contributed by atoms with van der Waals surface area (Å²) >= 11 is 5.59. The molecule has 0 saturated carbocycles. The van der Waals surface area contributed by atoms with Crippen LogP contribution in [0.1, 0.15) is 58.3 Å². The van der Waals surface area contributed by atoms with Crippen LogP contribution in [0.25, 0.3) is 0 Å². The van der Waals surface area contributed by atoms with Gasteiger partial charge in [-0.1, -0.05) is 44.8 Å². The molecule has 0 aliphatic heterocycles. The van der Waals surface area contributed by atoms with Gasteiger partial charge in [-0.15, -0.1) is 11.6 Å². The molecule has 78 valence electrons. The first-order chi connectivity index (χ1) is 6.41. The lowest BCUT2D eigenvalue weighted by molar-refractivity contribution is 0.638. The molecule has 0 aromatic heterocycles. The fourth-order valence-electron chi connectivity index (χ4n) is 1.29. The highest BCUT2D eigenvalue weighted by Crippen LogP contribution is 2.06. The van der Waals surface area contributed by atoms with Crippen molar-refractivity contribution in [3.05, 3.63) is 12.2 Å². The Morgan fingerprint density at radius 3 is 2.15 bits per heavy atom. The summed E-state index contributed by atoms with van der Waals surface area (Å²) in [7, 11) is 0. The first-order valence-corrected chi connectivity index (χ1v) is 6.16. The summed E-state index contributed by atoms with van der Waals surface area (Å²) in [6.07, 6.45) is 15.0. The zero-order valence-corrected chi connectivity index (χ0v) is 9.65. The Bertz CT molecular complexity index is 108. The van der Waals surface area contributed by atoms with Gasteiger partial charge in [0.2, 0.25) is 0 Å². The summed E-state index contributed by atoms with van der Waals surface area (Å²) in [6.45, 7) is 2.22. The normalized spacial score (nSPS) is 11.2. The van der Waals surface area contributed by atoms with Gasteiger partial charge in [-0.25, -0.2) is 0 Å². The second-order valence-electron chi connectivity index (χ2n) is 3.51. The van der Waals surface area contributed by atoms with Crippen molar-refractivity contribution in [2.24, 2.45) is 0 Å². The molecule has 0 spiro atoms. The van der Waals surface area contributed by atoms with Crippen LogP contribution in [0, 0.1) is 0 Å². The Balaban J connectivity index is 2.91. The van der Waals surface area contributed by atoms with Crippen LogP contribution in [-0.4, -0.2) is 5.88 Å². The summed E-state index contributed by atoms with van der Waals surface area (Å²) < 4.78 is 0. The van der Waals surface area contributed by atoms with Crippen molar-refractivity contribution in [1.82, 2.24) is 0 Å². The summed E-state index contributed by atoms with van der Waals surface area (Å²) in [6, 6.07) is 0. The second-order valence-corrected chi connectivity index (χ2v) is 3.88. The van der Waals surface area contributed by atoms with Crippen molar-refractivity contribution in [3.63, 3.8) is 0 Å². The van der Waals surface area contributed by atoms with Crippen LogP contribution in [0.15, 0.2) is 12.2 Å². The van der Waals surface area contributed by atoms with Crippen molar-refractivity contribution in [2.45, 2.75) is 58.3 Å². The molecule has 0 aliphatic rings. The fourth-order valence-corrected chi connectivity index (χ4v) is 1.48. The van der Waals surface area contributed by atoms with E-state index in [-0.39, 0.29) is 0 Å². The lowest BCUT2D eigenvalue weighted by Crippen LogP contribution is -1.79. The van der Waals surface area contributed by atoms with Crippen LogP contribution in [-0.2, 0) is 0 Å². The minimum Gasteiger partial charge on any atom is -0.127 e. The maximum Gasteiger partial charge on any atom is 0.0223 e. The minimum absolute atomic E-state index is 0.830. The summed E-state index contributed by atoms with van der Waals surface area (Å²) in [5, 5.41) is 0. The maximum absolute atomic E-state index is 5.59. The Morgan fingerprint density at radius 1 is 0.846 bits per heavy atom. The zero-order chi connectivity index (χ0) is 9.78. The van der Waals surface area contributed by atoms with E-state index in [2.05, 4.69) is 19.1 Å². The number of unbranched alkanes of at least 4 members (excludes halogenated alkanes) is 6. The van der Waals surface area contributed by atoms with Gasteiger partial charge in [0, 0.05) is 5.88 Å². The standard InChI is InChI=1S/C12H23Cl/c1-2-3-4-5-6-7-8-9-10-11-12-13/h4-5H,2-3,6-12H2,1H3/b5-4+. The molecular weight excluding hydrogens is 180 g/mol. The number of hydrogen-bond acceptors (Lipinski definition) is 0. The van der Waals surface area contributed by atoms with Gasteiger partial charge >= 0.3 is 0 Å². The van der Waals surface area contributed by atoms with Gasteiger partial charge in [-0.05, 0) is 25.7 Å². The Kier molecular flexibility index (Phi) is 12.1. The van der Waals surface area contributed by atoms with E-state index >= 15 is 0 Å². The molecule has 0 nitrogen and oxygen atoms in total. The van der Waals surface area contributed by atoms with Crippen LogP contribution in [0.2, 0.25) is 0 Å². The Labute approximate surface area is 88.4 Å². The molecule has 0 radical (unpaired) electrons. The second kappa shape index (κ2) is 12.0. The first-order valence-electron chi connectivity index (χ1n) is 5.62. The average Bonchev–Trinajstić information content (AvgIpc) is 2.16. The minimum atomic E-state index is 0.830. The SMILES string of the molecule is CCC/C=C/CCCCCCCCl. The molecule has 0 aliphatic carbocycles. The molecule has 0 amide bonds. The van der Waals surface area contributed by atoms with Gasteiger partial charge < -0.3 is 0 Å². The molecule has 0 saturated heterocycles. The van der Waals surface area contributed by atoms with Gasteiger partial charge in [0.1, 0.15) is 0 Å². The monoisotopic (exact) mass is 202 g/mol. The van der Waals surface area contributed by atoms with Crippen LogP contribution in [0.3, 0.4) is 0 Å². The molecule has 0 atom stereocenters. The summed E-state index contributed by atoms with van der Waals surface area (Å²) in [5.41, 5.74) is 0. The molecule has 0 N–H and O–H groups in total. The quantitative estimate of drug-likeness (QED) is 0.283. The van der Waals surface area contributed by atoms with Crippen molar-refractivity contribution in [2.75, 3.05) is 5.88 Å². The van der Waals surface area contributed by atoms with Crippen LogP contribution in [0.5, 0.6) is 0 Å². The molecule has 0 unspecified atom stereocenters. The Hall–Kier alpha value is 0.0300. The Morgan fingerprint density at radius 2 is 1.46 bits per heavy atom. The summed E-state index contributed by atoms with van der Waals surface area (Å²) in [4.78, 5) is 0. The van der Waals surface area contributed by atoms with Crippen LogP contribution in [0.4, 0.5) is 0 Å². The van der Waals surface area contributed by atoms with E-state index < -0.39 is 0 Å². The van der Waals surface area contributed by atoms with E-state index in [0.717, 1.165) is 5.88 Å². The van der Waals surface area contributed by atoms with Gasteiger partial charge in [-0.3, -0.25) is 0 Å². The number of rotatable bonds is 9. The molecule has 1 heteroatoms. The molecule has 0 heterocycles. The number of hydrogen-bond donors (Lipinski definition) is 0. The number of alkyl halides is 1. The van der Waals surface area contributed by atoms with Gasteiger partial charge in [0.05, 0.1) is 0 Å². The highest BCUT2D eigenvalue weighted by Gasteiger charge is 1.88. The van der Waals surface area contributed by atoms with Crippen LogP contribution < -0.4 is 0 Å². The van der Waals surface area contributed by atoms with E-state index in [0.29, 0.717) is 0 Å². The molecule has 0 fully saturated rings. The molecule has 13 heavy (non-hydrogen) atoms. The van der Waals surface area contributed by atoms with E-state index in [9.17, 15) is 0 Å². The first kappa shape index (κ1) is 13.0. The highest BCUT2D eigenvalue weighted by molar-refractivity contribution is 6.17. The molecule has 0 rings (SSSR count). The van der Waals surface area contributed by atoms with Gasteiger partial charge in [0.25, 0.3) is 0 Å². The van der Waals surface area contributed by atoms with Gasteiger partial charge in [-0.2, -0.15) is 0 Å². The van der Waals surface area contributed by atoms with Crippen LogP contribution >= 0.6 is 11.6 Å². The predicted octanol–water partition coefficient (Wildman–Crippen LogP) is 4.92. The third-order valence-electron chi connectivity index (χ3n) is 2.13. The van der Waals surface area contributed by atoms with Crippen molar-refractivity contribution in [3.8, 4) is 0 Å². The molecule has 0 aromatic carbocycles. The van der Waals surface area contributed by atoms with Crippen molar-refractivity contribution >= 4 is 11.6 Å². The predicted molar refractivity (Wildman–Crippen MR) is 62.5 cm³/mol. The number of allylic oxidation sites excluding steroid dienone is 2. The van der Waals surface area contributed by atoms with Crippen molar-refractivity contribution in [1.29, 1.82) is 0 Å².